The lowest BCUT2D eigenvalue weighted by atomic mass is 9.95. The van der Waals surface area contributed by atoms with Crippen molar-refractivity contribution < 1.29 is 0 Å². The molecule has 2 aliphatic rings. The summed E-state index contributed by atoms with van der Waals surface area (Å²) in [7, 11) is 0. The summed E-state index contributed by atoms with van der Waals surface area (Å²) in [6.07, 6.45) is 9.18. The SMILES string of the molecule is CCNC(=NCC1CCN(Cc2csc(C)n2)CC1)NC1CCCCC1.I. The maximum Gasteiger partial charge on any atom is 0.191 e. The van der Waals surface area contributed by atoms with Crippen molar-refractivity contribution in [2.24, 2.45) is 10.9 Å². The molecule has 27 heavy (non-hydrogen) atoms. The quantitative estimate of drug-likeness (QED) is 0.346. The molecule has 1 aliphatic heterocycles. The monoisotopic (exact) mass is 505 g/mol. The van der Waals surface area contributed by atoms with Gasteiger partial charge in [0.15, 0.2) is 5.96 Å². The minimum Gasteiger partial charge on any atom is -0.357 e. The smallest absolute Gasteiger partial charge is 0.191 e. The minimum atomic E-state index is 0. The molecule has 0 bridgehead atoms. The number of aromatic nitrogens is 1. The van der Waals surface area contributed by atoms with Crippen LogP contribution >= 0.6 is 35.3 Å². The number of hydrogen-bond acceptors (Lipinski definition) is 4. The van der Waals surface area contributed by atoms with E-state index in [-0.39, 0.29) is 24.0 Å². The fraction of sp³-hybridized carbons (Fsp3) is 0.800. The molecule has 0 radical (unpaired) electrons. The Balaban J connectivity index is 0.00000261. The molecule has 0 spiro atoms. The van der Waals surface area contributed by atoms with E-state index in [0.717, 1.165) is 25.6 Å². The Bertz CT molecular complexity index is 562. The van der Waals surface area contributed by atoms with Crippen LogP contribution in [0.25, 0.3) is 0 Å². The minimum absolute atomic E-state index is 0. The number of thiazole rings is 1. The molecule has 0 aromatic carbocycles. The lowest BCUT2D eigenvalue weighted by Gasteiger charge is -2.31. The van der Waals surface area contributed by atoms with Crippen molar-refractivity contribution in [2.75, 3.05) is 26.2 Å². The summed E-state index contributed by atoms with van der Waals surface area (Å²) in [6, 6.07) is 0.616. The zero-order chi connectivity index (χ0) is 18.2. The summed E-state index contributed by atoms with van der Waals surface area (Å²) in [4.78, 5) is 12.0. The molecule has 1 aliphatic carbocycles. The van der Waals surface area contributed by atoms with Gasteiger partial charge in [-0.25, -0.2) is 4.98 Å². The van der Waals surface area contributed by atoms with Gasteiger partial charge in [0.05, 0.1) is 10.7 Å². The third-order valence-electron chi connectivity index (χ3n) is 5.56. The summed E-state index contributed by atoms with van der Waals surface area (Å²) < 4.78 is 0. The number of hydrogen-bond donors (Lipinski definition) is 2. The van der Waals surface area contributed by atoms with Crippen molar-refractivity contribution in [2.45, 2.75) is 71.4 Å². The van der Waals surface area contributed by atoms with Crippen molar-refractivity contribution >= 4 is 41.3 Å². The molecule has 1 saturated heterocycles. The van der Waals surface area contributed by atoms with E-state index in [2.05, 4.69) is 39.7 Å². The van der Waals surface area contributed by atoms with Gasteiger partial charge in [0.25, 0.3) is 0 Å². The number of rotatable bonds is 6. The van der Waals surface area contributed by atoms with E-state index < -0.39 is 0 Å². The summed E-state index contributed by atoms with van der Waals surface area (Å²) in [5, 5.41) is 10.5. The van der Waals surface area contributed by atoms with Crippen molar-refractivity contribution in [3.8, 4) is 0 Å². The number of piperidine rings is 1. The Hall–Kier alpha value is -0.410. The van der Waals surface area contributed by atoms with E-state index in [0.29, 0.717) is 12.0 Å². The van der Waals surface area contributed by atoms with Gasteiger partial charge in [0.1, 0.15) is 0 Å². The molecule has 0 atom stereocenters. The highest BCUT2D eigenvalue weighted by Gasteiger charge is 2.20. The largest absolute Gasteiger partial charge is 0.357 e. The first-order valence-electron chi connectivity index (χ1n) is 10.4. The van der Waals surface area contributed by atoms with Gasteiger partial charge < -0.3 is 10.6 Å². The van der Waals surface area contributed by atoms with Crippen molar-refractivity contribution in [1.82, 2.24) is 20.5 Å². The molecular formula is C20H36IN5S. The van der Waals surface area contributed by atoms with E-state index in [1.165, 1.54) is 68.7 Å². The number of nitrogens with zero attached hydrogens (tertiary/aromatic N) is 3. The maximum absolute atomic E-state index is 4.91. The summed E-state index contributed by atoms with van der Waals surface area (Å²) in [5.74, 6) is 1.74. The second kappa shape index (κ2) is 12.2. The van der Waals surface area contributed by atoms with Crippen LogP contribution in [0, 0.1) is 12.8 Å². The van der Waals surface area contributed by atoms with Crippen LogP contribution in [0.2, 0.25) is 0 Å². The summed E-state index contributed by atoms with van der Waals surface area (Å²) in [5.41, 5.74) is 1.23. The zero-order valence-electron chi connectivity index (χ0n) is 16.9. The molecule has 0 unspecified atom stereocenters. The highest BCUT2D eigenvalue weighted by molar-refractivity contribution is 14.0. The van der Waals surface area contributed by atoms with Crippen LogP contribution in [0.15, 0.2) is 10.4 Å². The number of aliphatic imine (C=N–C) groups is 1. The number of guanidine groups is 1. The van der Waals surface area contributed by atoms with Crippen molar-refractivity contribution in [3.05, 3.63) is 16.1 Å². The average Bonchev–Trinajstić information content (AvgIpc) is 3.07. The topological polar surface area (TPSA) is 52.6 Å². The first-order chi connectivity index (χ1) is 12.7. The fourth-order valence-electron chi connectivity index (χ4n) is 4.02. The van der Waals surface area contributed by atoms with Gasteiger partial charge in [-0.3, -0.25) is 9.89 Å². The van der Waals surface area contributed by atoms with Crippen LogP contribution in [0.3, 0.4) is 0 Å². The van der Waals surface area contributed by atoms with Gasteiger partial charge >= 0.3 is 0 Å². The standard InChI is InChI=1S/C20H35N5S.HI/c1-3-21-20(24-18-7-5-4-6-8-18)22-13-17-9-11-25(12-10-17)14-19-15-26-16(2)23-19;/h15,17-18H,3-14H2,1-2H3,(H2,21,22,24);1H. The molecule has 2 fully saturated rings. The lowest BCUT2D eigenvalue weighted by molar-refractivity contribution is 0.179. The maximum atomic E-state index is 4.91. The Morgan fingerprint density at radius 3 is 2.59 bits per heavy atom. The molecule has 1 aromatic rings. The number of likely N-dealkylation sites (tertiary alicyclic amines) is 1. The van der Waals surface area contributed by atoms with Crippen LogP contribution in [0.5, 0.6) is 0 Å². The number of aryl methyl sites for hydroxylation is 1. The molecule has 5 nitrogen and oxygen atoms in total. The molecule has 3 rings (SSSR count). The predicted molar refractivity (Wildman–Crippen MR) is 126 cm³/mol. The van der Waals surface area contributed by atoms with Crippen LogP contribution < -0.4 is 10.6 Å². The molecule has 2 N–H and O–H groups in total. The third kappa shape index (κ3) is 7.85. The molecule has 2 heterocycles. The summed E-state index contributed by atoms with van der Waals surface area (Å²) >= 11 is 1.75. The van der Waals surface area contributed by atoms with Crippen molar-refractivity contribution in [3.63, 3.8) is 0 Å². The molecule has 7 heteroatoms. The molecular weight excluding hydrogens is 469 g/mol. The molecule has 1 saturated carbocycles. The van der Waals surface area contributed by atoms with Gasteiger partial charge in [-0.15, -0.1) is 35.3 Å². The van der Waals surface area contributed by atoms with Crippen molar-refractivity contribution in [1.29, 1.82) is 0 Å². The van der Waals surface area contributed by atoms with E-state index in [1.807, 2.05) is 0 Å². The Morgan fingerprint density at radius 2 is 1.96 bits per heavy atom. The van der Waals surface area contributed by atoms with Gasteiger partial charge in [-0.05, 0) is 58.5 Å². The Labute approximate surface area is 185 Å². The average molecular weight is 506 g/mol. The van der Waals surface area contributed by atoms with Crippen LogP contribution in [0.4, 0.5) is 0 Å². The van der Waals surface area contributed by atoms with Crippen LogP contribution in [-0.4, -0.2) is 48.1 Å². The third-order valence-corrected chi connectivity index (χ3v) is 6.38. The molecule has 1 aromatic heterocycles. The predicted octanol–water partition coefficient (Wildman–Crippen LogP) is 4.17. The van der Waals surface area contributed by atoms with Gasteiger partial charge in [-0.1, -0.05) is 19.3 Å². The molecule has 0 amide bonds. The second-order valence-corrected chi connectivity index (χ2v) is 8.84. The Morgan fingerprint density at radius 1 is 1.22 bits per heavy atom. The Kier molecular flexibility index (Phi) is 10.3. The van der Waals surface area contributed by atoms with Crippen LogP contribution in [0.1, 0.15) is 62.6 Å². The van der Waals surface area contributed by atoms with E-state index in [9.17, 15) is 0 Å². The van der Waals surface area contributed by atoms with Crippen LogP contribution in [-0.2, 0) is 6.54 Å². The van der Waals surface area contributed by atoms with Gasteiger partial charge in [0.2, 0.25) is 0 Å². The number of nitrogens with one attached hydrogen (secondary N) is 2. The first-order valence-corrected chi connectivity index (χ1v) is 11.3. The first kappa shape index (κ1) is 22.9. The summed E-state index contributed by atoms with van der Waals surface area (Å²) in [6.45, 7) is 9.47. The van der Waals surface area contributed by atoms with E-state index in [4.69, 9.17) is 4.99 Å². The van der Waals surface area contributed by atoms with E-state index in [1.54, 1.807) is 11.3 Å². The van der Waals surface area contributed by atoms with Gasteiger partial charge in [0, 0.05) is 31.1 Å². The van der Waals surface area contributed by atoms with E-state index >= 15 is 0 Å². The highest BCUT2D eigenvalue weighted by Crippen LogP contribution is 2.20. The molecule has 154 valence electrons. The lowest BCUT2D eigenvalue weighted by Crippen LogP contribution is -2.44. The normalized spacial score (nSPS) is 20.3. The highest BCUT2D eigenvalue weighted by atomic mass is 127. The van der Waals surface area contributed by atoms with Gasteiger partial charge in [-0.2, -0.15) is 0 Å². The number of halogens is 1. The zero-order valence-corrected chi connectivity index (χ0v) is 20.0. The second-order valence-electron chi connectivity index (χ2n) is 7.78. The fourth-order valence-corrected chi connectivity index (χ4v) is 4.62.